The number of piperazine rings is 1. The minimum absolute atomic E-state index is 0.0307. The molecular formula is C18H26N2O4. The molecule has 1 heterocycles. The third-order valence-corrected chi connectivity index (χ3v) is 4.24. The van der Waals surface area contributed by atoms with Crippen LogP contribution in [0.4, 0.5) is 5.69 Å². The Balaban J connectivity index is 2.24. The molecule has 1 aromatic rings. The summed E-state index contributed by atoms with van der Waals surface area (Å²) in [5, 5.41) is 0. The summed E-state index contributed by atoms with van der Waals surface area (Å²) in [6.07, 6.45) is 0.458. The maximum absolute atomic E-state index is 12.8. The Hall–Kier alpha value is -2.24. The average molecular weight is 334 g/mol. The van der Waals surface area contributed by atoms with E-state index in [0.717, 1.165) is 0 Å². The van der Waals surface area contributed by atoms with Crippen molar-refractivity contribution >= 4 is 17.5 Å². The van der Waals surface area contributed by atoms with Gasteiger partial charge in [0, 0.05) is 25.6 Å². The number of rotatable bonds is 5. The second-order valence-electron chi connectivity index (χ2n) is 6.39. The molecule has 0 radical (unpaired) electrons. The van der Waals surface area contributed by atoms with Crippen molar-refractivity contribution in [3.63, 3.8) is 0 Å². The molecule has 24 heavy (non-hydrogen) atoms. The predicted octanol–water partition coefficient (Wildman–Crippen LogP) is 2.31. The van der Waals surface area contributed by atoms with Gasteiger partial charge in [-0.1, -0.05) is 13.8 Å². The summed E-state index contributed by atoms with van der Waals surface area (Å²) >= 11 is 0. The Bertz CT molecular complexity index is 615. The molecule has 1 saturated heterocycles. The highest BCUT2D eigenvalue weighted by molar-refractivity contribution is 6.01. The van der Waals surface area contributed by atoms with Crippen LogP contribution in [0.3, 0.4) is 0 Å². The van der Waals surface area contributed by atoms with Crippen molar-refractivity contribution in [1.29, 1.82) is 0 Å². The fourth-order valence-corrected chi connectivity index (χ4v) is 2.92. The fraction of sp³-hybridized carbons (Fsp3) is 0.556. The summed E-state index contributed by atoms with van der Waals surface area (Å²) in [6.45, 7) is 6.73. The molecule has 0 aliphatic carbocycles. The van der Waals surface area contributed by atoms with Crippen LogP contribution in [0.15, 0.2) is 18.2 Å². The molecule has 6 nitrogen and oxygen atoms in total. The van der Waals surface area contributed by atoms with Gasteiger partial charge in [-0.15, -0.1) is 0 Å². The standard InChI is InChI=1S/C18H26N2O4/c1-12(2)10-17(21)19-8-9-20(18(22)13(19)3)15-11-14(23-4)6-7-16(15)24-5/h6-7,11-13H,8-10H2,1-5H3. The maximum atomic E-state index is 12.8. The summed E-state index contributed by atoms with van der Waals surface area (Å²) in [5.74, 6) is 1.47. The van der Waals surface area contributed by atoms with Gasteiger partial charge in [-0.2, -0.15) is 0 Å². The van der Waals surface area contributed by atoms with Crippen LogP contribution in [0.2, 0.25) is 0 Å². The number of anilines is 1. The van der Waals surface area contributed by atoms with E-state index in [9.17, 15) is 9.59 Å². The third-order valence-electron chi connectivity index (χ3n) is 4.24. The number of hydrogen-bond donors (Lipinski definition) is 0. The highest BCUT2D eigenvalue weighted by Gasteiger charge is 2.36. The predicted molar refractivity (Wildman–Crippen MR) is 92.5 cm³/mol. The highest BCUT2D eigenvalue weighted by Crippen LogP contribution is 2.34. The lowest BCUT2D eigenvalue weighted by molar-refractivity contribution is -0.141. The number of carbonyl (C=O) groups is 2. The molecule has 2 amide bonds. The molecule has 1 unspecified atom stereocenters. The second-order valence-corrected chi connectivity index (χ2v) is 6.39. The van der Waals surface area contributed by atoms with Gasteiger partial charge in [0.2, 0.25) is 11.8 Å². The maximum Gasteiger partial charge on any atom is 0.249 e. The lowest BCUT2D eigenvalue weighted by Gasteiger charge is -2.39. The molecule has 132 valence electrons. The molecule has 1 aliphatic heterocycles. The van der Waals surface area contributed by atoms with Crippen LogP contribution in [-0.4, -0.2) is 50.1 Å². The van der Waals surface area contributed by atoms with E-state index in [1.165, 1.54) is 0 Å². The smallest absolute Gasteiger partial charge is 0.249 e. The quantitative estimate of drug-likeness (QED) is 0.829. The molecule has 0 bridgehead atoms. The van der Waals surface area contributed by atoms with Gasteiger partial charge < -0.3 is 19.3 Å². The lowest BCUT2D eigenvalue weighted by atomic mass is 10.1. The van der Waals surface area contributed by atoms with E-state index in [1.54, 1.807) is 49.1 Å². The minimum Gasteiger partial charge on any atom is -0.497 e. The summed E-state index contributed by atoms with van der Waals surface area (Å²) in [5.41, 5.74) is 0.671. The first-order valence-corrected chi connectivity index (χ1v) is 8.22. The Labute approximate surface area is 143 Å². The Kier molecular flexibility index (Phi) is 5.70. The van der Waals surface area contributed by atoms with Crippen molar-refractivity contribution in [2.75, 3.05) is 32.2 Å². The molecule has 0 spiro atoms. The average Bonchev–Trinajstić information content (AvgIpc) is 2.56. The van der Waals surface area contributed by atoms with Crippen molar-refractivity contribution in [3.8, 4) is 11.5 Å². The van der Waals surface area contributed by atoms with Crippen LogP contribution < -0.4 is 14.4 Å². The SMILES string of the molecule is COc1ccc(OC)c(N2CCN(C(=O)CC(C)C)C(C)C2=O)c1. The van der Waals surface area contributed by atoms with E-state index in [0.29, 0.717) is 36.7 Å². The van der Waals surface area contributed by atoms with E-state index in [-0.39, 0.29) is 17.7 Å². The summed E-state index contributed by atoms with van der Waals surface area (Å²) < 4.78 is 10.6. The minimum atomic E-state index is -0.485. The van der Waals surface area contributed by atoms with Crippen LogP contribution >= 0.6 is 0 Å². The molecule has 2 rings (SSSR count). The zero-order valence-electron chi connectivity index (χ0n) is 15.0. The molecule has 6 heteroatoms. The summed E-state index contributed by atoms with van der Waals surface area (Å²) in [6, 6.07) is 4.87. The third kappa shape index (κ3) is 3.63. The number of ether oxygens (including phenoxy) is 2. The number of benzene rings is 1. The van der Waals surface area contributed by atoms with Crippen LogP contribution in [-0.2, 0) is 9.59 Å². The van der Waals surface area contributed by atoms with E-state index in [4.69, 9.17) is 9.47 Å². The summed E-state index contributed by atoms with van der Waals surface area (Å²) in [4.78, 5) is 28.5. The molecule has 1 fully saturated rings. The topological polar surface area (TPSA) is 59.1 Å². The Morgan fingerprint density at radius 1 is 1.25 bits per heavy atom. The normalized spacial score (nSPS) is 18.1. The van der Waals surface area contributed by atoms with Crippen LogP contribution in [0, 0.1) is 5.92 Å². The first-order chi connectivity index (χ1) is 11.4. The van der Waals surface area contributed by atoms with Gasteiger partial charge in [-0.3, -0.25) is 9.59 Å². The molecule has 0 aromatic heterocycles. The van der Waals surface area contributed by atoms with Gasteiger partial charge in [-0.25, -0.2) is 0 Å². The molecule has 1 aliphatic rings. The van der Waals surface area contributed by atoms with Gasteiger partial charge in [-0.05, 0) is 25.0 Å². The zero-order chi connectivity index (χ0) is 17.9. The number of amides is 2. The number of nitrogens with zero attached hydrogens (tertiary/aromatic N) is 2. The number of hydrogen-bond acceptors (Lipinski definition) is 4. The van der Waals surface area contributed by atoms with Gasteiger partial charge in [0.1, 0.15) is 17.5 Å². The Morgan fingerprint density at radius 2 is 1.96 bits per heavy atom. The van der Waals surface area contributed by atoms with Crippen LogP contribution in [0.1, 0.15) is 27.2 Å². The van der Waals surface area contributed by atoms with E-state index in [2.05, 4.69) is 0 Å². The summed E-state index contributed by atoms with van der Waals surface area (Å²) in [7, 11) is 3.15. The molecule has 0 N–H and O–H groups in total. The van der Waals surface area contributed by atoms with Crippen LogP contribution in [0.5, 0.6) is 11.5 Å². The molecule has 0 saturated carbocycles. The zero-order valence-corrected chi connectivity index (χ0v) is 15.0. The molecule has 1 atom stereocenters. The molecule has 1 aromatic carbocycles. The van der Waals surface area contributed by atoms with E-state index >= 15 is 0 Å². The van der Waals surface area contributed by atoms with Crippen molar-refractivity contribution in [1.82, 2.24) is 4.90 Å². The van der Waals surface area contributed by atoms with Gasteiger partial charge >= 0.3 is 0 Å². The Morgan fingerprint density at radius 3 is 2.54 bits per heavy atom. The lowest BCUT2D eigenvalue weighted by Crippen LogP contribution is -2.58. The second kappa shape index (κ2) is 7.55. The number of methoxy groups -OCH3 is 2. The van der Waals surface area contributed by atoms with Crippen molar-refractivity contribution < 1.29 is 19.1 Å². The van der Waals surface area contributed by atoms with E-state index < -0.39 is 6.04 Å². The first-order valence-electron chi connectivity index (χ1n) is 8.22. The highest BCUT2D eigenvalue weighted by atomic mass is 16.5. The van der Waals surface area contributed by atoms with Crippen molar-refractivity contribution in [2.45, 2.75) is 33.2 Å². The first kappa shape index (κ1) is 18.1. The van der Waals surface area contributed by atoms with Gasteiger partial charge in [0.15, 0.2) is 0 Å². The van der Waals surface area contributed by atoms with Crippen LogP contribution in [0.25, 0.3) is 0 Å². The fourth-order valence-electron chi connectivity index (χ4n) is 2.92. The van der Waals surface area contributed by atoms with Gasteiger partial charge in [0.25, 0.3) is 0 Å². The number of carbonyl (C=O) groups excluding carboxylic acids is 2. The van der Waals surface area contributed by atoms with E-state index in [1.807, 2.05) is 13.8 Å². The largest absolute Gasteiger partial charge is 0.497 e. The molecular weight excluding hydrogens is 308 g/mol. The van der Waals surface area contributed by atoms with Crippen molar-refractivity contribution in [2.24, 2.45) is 5.92 Å². The monoisotopic (exact) mass is 334 g/mol. The van der Waals surface area contributed by atoms with Gasteiger partial charge in [0.05, 0.1) is 19.9 Å². The van der Waals surface area contributed by atoms with Crippen molar-refractivity contribution in [3.05, 3.63) is 18.2 Å².